The van der Waals surface area contributed by atoms with Crippen molar-refractivity contribution in [3.63, 3.8) is 0 Å². The van der Waals surface area contributed by atoms with E-state index in [-0.39, 0.29) is 0 Å². The van der Waals surface area contributed by atoms with E-state index in [1.807, 2.05) is 14.4 Å². The van der Waals surface area contributed by atoms with Crippen LogP contribution in [0.25, 0.3) is 0 Å². The van der Waals surface area contributed by atoms with Crippen LogP contribution in [0.3, 0.4) is 0 Å². The Kier molecular flexibility index (Phi) is 11.0. The van der Waals surface area contributed by atoms with Gasteiger partial charge in [0.05, 0.1) is 0 Å². The van der Waals surface area contributed by atoms with Gasteiger partial charge in [0.15, 0.2) is 0 Å². The predicted molar refractivity (Wildman–Crippen MR) is 48.7 cm³/mol. The topological polar surface area (TPSA) is 0 Å². The number of unbranched alkanes of at least 4 members (excludes halogenated alkanes) is 4. The monoisotopic (exact) mass is 200 g/mol. The molecule has 72 valence electrons. The first-order chi connectivity index (χ1) is 5.41. The summed E-state index contributed by atoms with van der Waals surface area (Å²) in [7, 11) is 0. The van der Waals surface area contributed by atoms with Crippen LogP contribution in [-0.4, -0.2) is 0 Å². The van der Waals surface area contributed by atoms with Gasteiger partial charge < -0.3 is 0 Å². The average Bonchev–Trinajstić information content (AvgIpc) is 2.03. The van der Waals surface area contributed by atoms with Crippen LogP contribution in [0, 0.1) is 0 Å². The Morgan fingerprint density at radius 1 is 0.727 bits per heavy atom. The first-order valence-corrected chi connectivity index (χ1v) is 6.26. The molecule has 0 rings (SSSR count). The van der Waals surface area contributed by atoms with Gasteiger partial charge in [-0.3, -0.25) is 0 Å². The van der Waals surface area contributed by atoms with E-state index in [0.29, 0.717) is 0 Å². The first kappa shape index (κ1) is 11.5. The van der Waals surface area contributed by atoms with Crippen LogP contribution in [0.5, 0.6) is 0 Å². The average molecular weight is 201 g/mol. The number of hydrogen-bond acceptors (Lipinski definition) is 0. The Hall–Kier alpha value is 0.494. The van der Waals surface area contributed by atoms with Gasteiger partial charge in [-0.1, -0.05) is 0 Å². The van der Waals surface area contributed by atoms with Crippen molar-refractivity contribution in [2.45, 2.75) is 63.2 Å². The third kappa shape index (κ3) is 10.5. The van der Waals surface area contributed by atoms with E-state index in [9.17, 15) is 0 Å². The van der Waals surface area contributed by atoms with Gasteiger partial charge in [-0.25, -0.2) is 0 Å². The van der Waals surface area contributed by atoms with Crippen LogP contribution in [-0.2, 0) is 14.4 Å². The van der Waals surface area contributed by atoms with Crippen molar-refractivity contribution >= 4 is 0 Å². The van der Waals surface area contributed by atoms with Crippen LogP contribution in [0.4, 0.5) is 0 Å². The second-order valence-corrected chi connectivity index (χ2v) is 4.37. The molecule has 0 fully saturated rings. The molecule has 0 radical (unpaired) electrons. The van der Waals surface area contributed by atoms with E-state index in [1.165, 1.54) is 49.3 Å². The summed E-state index contributed by atoms with van der Waals surface area (Å²) in [6.07, 6.45) is 8.43. The van der Waals surface area contributed by atoms with Gasteiger partial charge in [0.25, 0.3) is 0 Å². The van der Waals surface area contributed by atoms with Gasteiger partial charge in [0, 0.05) is 0 Å². The van der Waals surface area contributed by atoms with Crippen LogP contribution >= 0.6 is 0 Å². The van der Waals surface area contributed by atoms with Crippen LogP contribution < -0.4 is 0 Å². The summed E-state index contributed by atoms with van der Waals surface area (Å²) < 4.78 is 0. The number of rotatable bonds is 8. The zero-order valence-electron chi connectivity index (χ0n) is 7.97. The molecular formula is C10H22Ni. The van der Waals surface area contributed by atoms with Gasteiger partial charge in [0.2, 0.25) is 0 Å². The minimum absolute atomic E-state index is 1.36. The third-order valence-corrected chi connectivity index (χ3v) is 3.05. The normalized spacial score (nSPS) is 10.7. The maximum atomic E-state index is 2.27. The van der Waals surface area contributed by atoms with Gasteiger partial charge in [-0.2, -0.15) is 0 Å². The van der Waals surface area contributed by atoms with Gasteiger partial charge >= 0.3 is 77.6 Å². The Morgan fingerprint density at radius 2 is 1.18 bits per heavy atom. The Morgan fingerprint density at radius 3 is 1.55 bits per heavy atom. The number of hydrogen-bond donors (Lipinski definition) is 0. The van der Waals surface area contributed by atoms with Crippen molar-refractivity contribution in [2.75, 3.05) is 0 Å². The van der Waals surface area contributed by atoms with Crippen molar-refractivity contribution in [3.8, 4) is 0 Å². The van der Waals surface area contributed by atoms with Crippen molar-refractivity contribution in [3.05, 3.63) is 0 Å². The summed E-state index contributed by atoms with van der Waals surface area (Å²) in [4.78, 5) is 0. The Labute approximate surface area is 78.0 Å². The molecule has 0 aliphatic carbocycles. The SMILES string of the molecule is CCCC[CH2][Ni][CH2]CCCC. The summed E-state index contributed by atoms with van der Waals surface area (Å²) in [6, 6.07) is 0. The van der Waals surface area contributed by atoms with Crippen molar-refractivity contribution in [2.24, 2.45) is 0 Å². The van der Waals surface area contributed by atoms with Gasteiger partial charge in [-0.15, -0.1) is 0 Å². The summed E-state index contributed by atoms with van der Waals surface area (Å²) >= 11 is 1.97. The van der Waals surface area contributed by atoms with Crippen LogP contribution in [0.15, 0.2) is 0 Å². The van der Waals surface area contributed by atoms with Gasteiger partial charge in [-0.05, 0) is 0 Å². The molecule has 0 atom stereocenters. The fourth-order valence-corrected chi connectivity index (χ4v) is 2.13. The Bertz CT molecular complexity index is 53.9. The van der Waals surface area contributed by atoms with E-state index in [0.717, 1.165) is 0 Å². The molecule has 0 nitrogen and oxygen atoms in total. The van der Waals surface area contributed by atoms with Crippen molar-refractivity contribution < 1.29 is 14.4 Å². The summed E-state index contributed by atoms with van der Waals surface area (Å²) in [5, 5.41) is 2.81. The minimum atomic E-state index is 1.36. The molecule has 0 saturated carbocycles. The van der Waals surface area contributed by atoms with Crippen molar-refractivity contribution in [1.29, 1.82) is 0 Å². The molecule has 0 aliphatic rings. The van der Waals surface area contributed by atoms with Gasteiger partial charge in [0.1, 0.15) is 0 Å². The maximum absolute atomic E-state index is 2.27. The fraction of sp³-hybridized carbons (Fsp3) is 1.00. The summed E-state index contributed by atoms with van der Waals surface area (Å²) in [5.41, 5.74) is 0. The van der Waals surface area contributed by atoms with E-state index in [4.69, 9.17) is 0 Å². The molecule has 0 aliphatic heterocycles. The Balaban J connectivity index is 2.69. The van der Waals surface area contributed by atoms with E-state index >= 15 is 0 Å². The molecule has 0 aromatic heterocycles. The molecule has 0 N–H and O–H groups in total. The predicted octanol–water partition coefficient (Wildman–Crippen LogP) is 4.29. The zero-order valence-corrected chi connectivity index (χ0v) is 8.96. The molecule has 0 amide bonds. The standard InChI is InChI=1S/2C5H11.Ni/c2*1-3-5-4-2;/h2*1,3-5H2,2H3;. The van der Waals surface area contributed by atoms with E-state index in [2.05, 4.69) is 13.8 Å². The first-order valence-electron chi connectivity index (χ1n) is 4.86. The molecule has 0 heterocycles. The molecule has 0 spiro atoms. The second-order valence-electron chi connectivity index (χ2n) is 2.89. The third-order valence-electron chi connectivity index (χ3n) is 1.65. The quantitative estimate of drug-likeness (QED) is 0.406. The van der Waals surface area contributed by atoms with Crippen LogP contribution in [0.1, 0.15) is 52.4 Å². The zero-order chi connectivity index (χ0) is 8.36. The molecule has 0 unspecified atom stereocenters. The van der Waals surface area contributed by atoms with Crippen LogP contribution in [0.2, 0.25) is 10.8 Å². The fourth-order valence-electron chi connectivity index (χ4n) is 0.895. The summed E-state index contributed by atoms with van der Waals surface area (Å²) in [5.74, 6) is 0. The molecule has 0 aromatic carbocycles. The molecule has 1 heteroatoms. The molecule has 0 bridgehead atoms. The van der Waals surface area contributed by atoms with E-state index < -0.39 is 0 Å². The molecule has 0 saturated heterocycles. The molecule has 11 heavy (non-hydrogen) atoms. The summed E-state index contributed by atoms with van der Waals surface area (Å²) in [6.45, 7) is 4.54. The molecular weight excluding hydrogens is 179 g/mol. The second kappa shape index (κ2) is 10.5. The van der Waals surface area contributed by atoms with Crippen molar-refractivity contribution in [1.82, 2.24) is 0 Å². The van der Waals surface area contributed by atoms with E-state index in [1.54, 1.807) is 0 Å². The molecule has 0 aromatic rings.